The largest absolute Gasteiger partial charge is 0.354 e. The Labute approximate surface area is 199 Å². The van der Waals surface area contributed by atoms with Gasteiger partial charge >= 0.3 is 0 Å². The molecular weight excluding hydrogens is 447 g/mol. The topological polar surface area (TPSA) is 49.4 Å². The Hall–Kier alpha value is -2.05. The molecule has 0 unspecified atom stereocenters. The van der Waals surface area contributed by atoms with E-state index in [0.717, 1.165) is 5.56 Å². The molecule has 2 aromatic rings. The molecule has 0 aliphatic heterocycles. The fourth-order valence-electron chi connectivity index (χ4n) is 3.31. The quantitative estimate of drug-likeness (QED) is 0.448. The van der Waals surface area contributed by atoms with E-state index in [9.17, 15) is 14.0 Å². The van der Waals surface area contributed by atoms with Crippen LogP contribution in [0.4, 0.5) is 4.39 Å². The van der Waals surface area contributed by atoms with Crippen molar-refractivity contribution in [1.29, 1.82) is 0 Å². The Morgan fingerprint density at radius 3 is 2.47 bits per heavy atom. The third-order valence-electron chi connectivity index (χ3n) is 5.09. The summed E-state index contributed by atoms with van der Waals surface area (Å²) in [5.41, 5.74) is 1.50. The SMILES string of the molecule is CC[C@H](C(=O)NCC(C)C)N(CCc1ccccc1)C(=O)CSCc1c(F)cccc1Cl. The van der Waals surface area contributed by atoms with Gasteiger partial charge in [0.1, 0.15) is 11.9 Å². The molecule has 0 saturated carbocycles. The van der Waals surface area contributed by atoms with Crippen LogP contribution >= 0.6 is 23.4 Å². The molecule has 1 atom stereocenters. The molecule has 2 aromatic carbocycles. The van der Waals surface area contributed by atoms with E-state index in [4.69, 9.17) is 11.6 Å². The zero-order valence-corrected chi connectivity index (χ0v) is 20.5. The number of nitrogens with one attached hydrogen (secondary N) is 1. The third kappa shape index (κ3) is 8.14. The molecule has 0 aliphatic carbocycles. The van der Waals surface area contributed by atoms with Crippen LogP contribution in [0, 0.1) is 11.7 Å². The molecule has 0 saturated heterocycles. The number of rotatable bonds is 12. The van der Waals surface area contributed by atoms with E-state index in [1.807, 2.05) is 51.1 Å². The highest BCUT2D eigenvalue weighted by Crippen LogP contribution is 2.24. The van der Waals surface area contributed by atoms with E-state index in [2.05, 4.69) is 5.32 Å². The Morgan fingerprint density at radius 1 is 1.12 bits per heavy atom. The van der Waals surface area contributed by atoms with E-state index in [1.165, 1.54) is 17.8 Å². The minimum Gasteiger partial charge on any atom is -0.354 e. The Balaban J connectivity index is 2.08. The van der Waals surface area contributed by atoms with Crippen LogP contribution in [0.5, 0.6) is 0 Å². The van der Waals surface area contributed by atoms with Crippen LogP contribution in [0.1, 0.15) is 38.3 Å². The zero-order valence-electron chi connectivity index (χ0n) is 18.9. The molecule has 0 aromatic heterocycles. The number of carbonyl (C=O) groups is 2. The van der Waals surface area contributed by atoms with Gasteiger partial charge in [-0.05, 0) is 36.5 Å². The molecule has 0 fully saturated rings. The lowest BCUT2D eigenvalue weighted by atomic mass is 10.1. The molecule has 1 N–H and O–H groups in total. The molecule has 174 valence electrons. The first-order chi connectivity index (χ1) is 15.3. The highest BCUT2D eigenvalue weighted by molar-refractivity contribution is 7.99. The van der Waals surface area contributed by atoms with Crippen LogP contribution in [-0.4, -0.2) is 41.6 Å². The number of hydrogen-bond acceptors (Lipinski definition) is 3. The molecule has 0 bridgehead atoms. The lowest BCUT2D eigenvalue weighted by molar-refractivity contribution is -0.138. The molecule has 32 heavy (non-hydrogen) atoms. The summed E-state index contributed by atoms with van der Waals surface area (Å²) in [6.45, 7) is 6.98. The van der Waals surface area contributed by atoms with Crippen molar-refractivity contribution in [3.63, 3.8) is 0 Å². The zero-order chi connectivity index (χ0) is 23.5. The fourth-order valence-corrected chi connectivity index (χ4v) is 4.56. The average Bonchev–Trinajstić information content (AvgIpc) is 2.77. The first kappa shape index (κ1) is 26.2. The normalized spacial score (nSPS) is 11.9. The maximum atomic E-state index is 14.0. The lowest BCUT2D eigenvalue weighted by Crippen LogP contribution is -2.51. The molecule has 0 heterocycles. The average molecular weight is 479 g/mol. The number of benzene rings is 2. The molecule has 2 amide bonds. The summed E-state index contributed by atoms with van der Waals surface area (Å²) in [5.74, 6) is 0.117. The Bertz CT molecular complexity index is 859. The second-order valence-corrected chi connectivity index (χ2v) is 9.47. The van der Waals surface area contributed by atoms with Gasteiger partial charge in [0.05, 0.1) is 5.75 Å². The highest BCUT2D eigenvalue weighted by Gasteiger charge is 2.28. The monoisotopic (exact) mass is 478 g/mol. The summed E-state index contributed by atoms with van der Waals surface area (Å²) in [7, 11) is 0. The van der Waals surface area contributed by atoms with E-state index in [0.29, 0.717) is 48.2 Å². The maximum Gasteiger partial charge on any atom is 0.242 e. The molecule has 0 spiro atoms. The maximum absolute atomic E-state index is 14.0. The standard InChI is InChI=1S/C25H32ClFN2O2S/c1-4-23(25(31)28-15-18(2)3)29(14-13-19-9-6-5-7-10-19)24(30)17-32-16-20-21(26)11-8-12-22(20)27/h5-12,18,23H,4,13-17H2,1-3H3,(H,28,31)/t23-/m1/s1. The van der Waals surface area contributed by atoms with Crippen molar-refractivity contribution in [2.45, 2.75) is 45.4 Å². The first-order valence-corrected chi connectivity index (χ1v) is 12.5. The van der Waals surface area contributed by atoms with Crippen molar-refractivity contribution in [3.8, 4) is 0 Å². The van der Waals surface area contributed by atoms with Gasteiger partial charge in [0.25, 0.3) is 0 Å². The third-order valence-corrected chi connectivity index (χ3v) is 6.39. The number of carbonyl (C=O) groups excluding carboxylic acids is 2. The van der Waals surface area contributed by atoms with Gasteiger partial charge in [0, 0.05) is 29.4 Å². The lowest BCUT2D eigenvalue weighted by Gasteiger charge is -2.31. The van der Waals surface area contributed by atoms with Gasteiger partial charge in [-0.25, -0.2) is 4.39 Å². The summed E-state index contributed by atoms with van der Waals surface area (Å²) in [5, 5.41) is 3.31. The molecule has 0 radical (unpaired) electrons. The van der Waals surface area contributed by atoms with Crippen molar-refractivity contribution < 1.29 is 14.0 Å². The van der Waals surface area contributed by atoms with Gasteiger partial charge < -0.3 is 10.2 Å². The first-order valence-electron chi connectivity index (χ1n) is 10.9. The van der Waals surface area contributed by atoms with Crippen molar-refractivity contribution in [1.82, 2.24) is 10.2 Å². The fraction of sp³-hybridized carbons (Fsp3) is 0.440. The van der Waals surface area contributed by atoms with E-state index in [1.54, 1.807) is 17.0 Å². The predicted molar refractivity (Wildman–Crippen MR) is 131 cm³/mol. The van der Waals surface area contributed by atoms with E-state index in [-0.39, 0.29) is 23.4 Å². The molecule has 2 rings (SSSR count). The van der Waals surface area contributed by atoms with Crippen LogP contribution in [0.25, 0.3) is 0 Å². The molecular formula is C25H32ClFN2O2S. The Kier molecular flexibility index (Phi) is 11.0. The summed E-state index contributed by atoms with van der Waals surface area (Å²) in [6.07, 6.45) is 1.18. The van der Waals surface area contributed by atoms with E-state index >= 15 is 0 Å². The van der Waals surface area contributed by atoms with Crippen LogP contribution in [0.3, 0.4) is 0 Å². The minimum atomic E-state index is -0.539. The molecule has 7 heteroatoms. The summed E-state index contributed by atoms with van der Waals surface area (Å²) in [4.78, 5) is 27.7. The number of hydrogen-bond donors (Lipinski definition) is 1. The number of thioether (sulfide) groups is 1. The summed E-state index contributed by atoms with van der Waals surface area (Å²) < 4.78 is 14.0. The predicted octanol–water partition coefficient (Wildman–Crippen LogP) is 5.33. The molecule has 4 nitrogen and oxygen atoms in total. The Morgan fingerprint density at radius 2 is 1.84 bits per heavy atom. The number of nitrogens with zero attached hydrogens (tertiary/aromatic N) is 1. The van der Waals surface area contributed by atoms with Gasteiger partial charge in [0.15, 0.2) is 0 Å². The van der Waals surface area contributed by atoms with Gasteiger partial charge in [-0.2, -0.15) is 0 Å². The second-order valence-electron chi connectivity index (χ2n) is 8.08. The van der Waals surface area contributed by atoms with Crippen LogP contribution in [0.2, 0.25) is 5.02 Å². The number of amides is 2. The van der Waals surface area contributed by atoms with Gasteiger partial charge in [0.2, 0.25) is 11.8 Å². The van der Waals surface area contributed by atoms with Gasteiger partial charge in [-0.3, -0.25) is 9.59 Å². The summed E-state index contributed by atoms with van der Waals surface area (Å²) in [6, 6.07) is 13.9. The van der Waals surface area contributed by atoms with Gasteiger partial charge in [-0.15, -0.1) is 11.8 Å². The minimum absolute atomic E-state index is 0.134. The second kappa shape index (κ2) is 13.5. The molecule has 0 aliphatic rings. The van der Waals surface area contributed by atoms with Crippen LogP contribution < -0.4 is 5.32 Å². The van der Waals surface area contributed by atoms with Crippen molar-refractivity contribution in [2.24, 2.45) is 5.92 Å². The van der Waals surface area contributed by atoms with Crippen molar-refractivity contribution in [2.75, 3.05) is 18.8 Å². The van der Waals surface area contributed by atoms with Crippen LogP contribution in [-0.2, 0) is 21.8 Å². The smallest absolute Gasteiger partial charge is 0.242 e. The van der Waals surface area contributed by atoms with Crippen LogP contribution in [0.15, 0.2) is 48.5 Å². The van der Waals surface area contributed by atoms with Gasteiger partial charge in [-0.1, -0.05) is 68.8 Å². The van der Waals surface area contributed by atoms with Crippen molar-refractivity contribution in [3.05, 3.63) is 70.5 Å². The van der Waals surface area contributed by atoms with Crippen molar-refractivity contribution >= 4 is 35.2 Å². The summed E-state index contributed by atoms with van der Waals surface area (Å²) >= 11 is 7.40. The highest BCUT2D eigenvalue weighted by atomic mass is 35.5. The van der Waals surface area contributed by atoms with E-state index < -0.39 is 6.04 Å². The number of halogens is 2.